The summed E-state index contributed by atoms with van der Waals surface area (Å²) in [6.07, 6.45) is 3.71. The molecular weight excluding hydrogens is 311 g/mol. The maximum atomic E-state index is 12.0. The number of carbonyl (C=O) groups excluding carboxylic acids is 1. The number of likely N-dealkylation sites (N-methyl/N-ethyl adjacent to an activating group) is 1. The largest absolute Gasteiger partial charge is 0.389 e. The molecule has 1 aromatic rings. The van der Waals surface area contributed by atoms with E-state index in [2.05, 4.69) is 5.32 Å². The predicted molar refractivity (Wildman–Crippen MR) is 86.0 cm³/mol. The number of anilines is 1. The van der Waals surface area contributed by atoms with Gasteiger partial charge in [0.15, 0.2) is 0 Å². The molecule has 0 aromatic heterocycles. The molecule has 6 heteroatoms. The second-order valence-corrected chi connectivity index (χ2v) is 6.62. The predicted octanol–water partition coefficient (Wildman–Crippen LogP) is 3.17. The van der Waals surface area contributed by atoms with Crippen LogP contribution in [0.1, 0.15) is 25.7 Å². The Morgan fingerprint density at radius 1 is 1.38 bits per heavy atom. The summed E-state index contributed by atoms with van der Waals surface area (Å²) in [5.41, 5.74) is -0.148. The van der Waals surface area contributed by atoms with Crippen LogP contribution in [0.3, 0.4) is 0 Å². The van der Waals surface area contributed by atoms with Gasteiger partial charge in [-0.15, -0.1) is 0 Å². The van der Waals surface area contributed by atoms with E-state index in [-0.39, 0.29) is 12.5 Å². The molecule has 1 saturated carbocycles. The summed E-state index contributed by atoms with van der Waals surface area (Å²) in [6, 6.07) is 4.93. The zero-order chi connectivity index (χ0) is 15.5. The van der Waals surface area contributed by atoms with E-state index in [1.807, 2.05) is 11.9 Å². The highest BCUT2D eigenvalue weighted by atomic mass is 35.5. The fraction of sp³-hybridized carbons (Fsp3) is 0.533. The average molecular weight is 331 g/mol. The maximum Gasteiger partial charge on any atom is 0.238 e. The summed E-state index contributed by atoms with van der Waals surface area (Å²) in [4.78, 5) is 13.9. The zero-order valence-corrected chi connectivity index (χ0v) is 13.5. The Kier molecular flexibility index (Phi) is 5.49. The molecule has 1 aliphatic rings. The second-order valence-electron chi connectivity index (χ2n) is 5.78. The van der Waals surface area contributed by atoms with Gasteiger partial charge in [-0.25, -0.2) is 0 Å². The van der Waals surface area contributed by atoms with E-state index in [0.29, 0.717) is 22.3 Å². The Bertz CT molecular complexity index is 516. The van der Waals surface area contributed by atoms with Crippen LogP contribution in [0.4, 0.5) is 5.69 Å². The van der Waals surface area contributed by atoms with Crippen LogP contribution in [-0.2, 0) is 4.79 Å². The molecule has 1 aromatic carbocycles. The van der Waals surface area contributed by atoms with Crippen molar-refractivity contribution in [2.75, 3.05) is 25.5 Å². The number of nitrogens with one attached hydrogen (secondary N) is 1. The van der Waals surface area contributed by atoms with Crippen LogP contribution < -0.4 is 5.32 Å². The second kappa shape index (κ2) is 6.97. The lowest BCUT2D eigenvalue weighted by Gasteiger charge is -2.28. The van der Waals surface area contributed by atoms with Crippen LogP contribution in [0, 0.1) is 0 Å². The zero-order valence-electron chi connectivity index (χ0n) is 12.0. The highest BCUT2D eigenvalue weighted by Gasteiger charge is 2.32. The molecule has 4 nitrogen and oxygen atoms in total. The highest BCUT2D eigenvalue weighted by Crippen LogP contribution is 2.30. The summed E-state index contributed by atoms with van der Waals surface area (Å²) >= 11 is 11.9. The summed E-state index contributed by atoms with van der Waals surface area (Å²) in [5.74, 6) is -0.178. The van der Waals surface area contributed by atoms with Crippen LogP contribution >= 0.6 is 23.2 Å². The number of halogens is 2. The topological polar surface area (TPSA) is 52.6 Å². The number of benzene rings is 1. The number of aliphatic hydroxyl groups is 1. The minimum atomic E-state index is -0.650. The molecule has 0 unspecified atom stereocenters. The molecule has 2 N–H and O–H groups in total. The van der Waals surface area contributed by atoms with Gasteiger partial charge in [-0.2, -0.15) is 0 Å². The Labute approximate surface area is 135 Å². The summed E-state index contributed by atoms with van der Waals surface area (Å²) in [6.45, 7) is 0.703. The minimum absolute atomic E-state index is 0.178. The van der Waals surface area contributed by atoms with Gasteiger partial charge in [-0.05, 0) is 38.1 Å². The number of hydrogen-bond acceptors (Lipinski definition) is 3. The quantitative estimate of drug-likeness (QED) is 0.871. The van der Waals surface area contributed by atoms with Crippen LogP contribution in [0.15, 0.2) is 18.2 Å². The molecule has 1 fully saturated rings. The smallest absolute Gasteiger partial charge is 0.238 e. The molecule has 0 atom stereocenters. The van der Waals surface area contributed by atoms with Crippen LogP contribution in [0.2, 0.25) is 10.0 Å². The summed E-state index contributed by atoms with van der Waals surface area (Å²) < 4.78 is 0. The minimum Gasteiger partial charge on any atom is -0.389 e. The normalized spacial score (nSPS) is 17.2. The standard InChI is InChI=1S/C15H20Cl2N2O2/c1-19(10-15(21)6-2-3-7-15)9-14(20)18-13-8-11(16)4-5-12(13)17/h4-5,8,21H,2-3,6-7,9-10H2,1H3,(H,18,20). The first kappa shape index (κ1) is 16.6. The first-order chi connectivity index (χ1) is 9.88. The Morgan fingerprint density at radius 3 is 2.71 bits per heavy atom. The molecule has 1 aliphatic carbocycles. The van der Waals surface area contributed by atoms with Gasteiger partial charge in [-0.3, -0.25) is 9.69 Å². The highest BCUT2D eigenvalue weighted by molar-refractivity contribution is 6.35. The van der Waals surface area contributed by atoms with Crippen LogP contribution in [-0.4, -0.2) is 41.7 Å². The van der Waals surface area contributed by atoms with Gasteiger partial charge in [0.05, 0.1) is 22.9 Å². The Balaban J connectivity index is 1.87. The fourth-order valence-corrected chi connectivity index (χ4v) is 3.11. The van der Waals surface area contributed by atoms with Crippen molar-refractivity contribution < 1.29 is 9.90 Å². The number of hydrogen-bond donors (Lipinski definition) is 2. The van der Waals surface area contributed by atoms with E-state index >= 15 is 0 Å². The number of nitrogens with zero attached hydrogens (tertiary/aromatic N) is 1. The monoisotopic (exact) mass is 330 g/mol. The summed E-state index contributed by atoms with van der Waals surface area (Å²) in [5, 5.41) is 14.0. The molecule has 0 spiro atoms. The van der Waals surface area contributed by atoms with Crippen molar-refractivity contribution in [3.63, 3.8) is 0 Å². The van der Waals surface area contributed by atoms with E-state index in [1.165, 1.54) is 0 Å². The molecule has 0 radical (unpaired) electrons. The SMILES string of the molecule is CN(CC(=O)Nc1cc(Cl)ccc1Cl)CC1(O)CCCC1. The lowest BCUT2D eigenvalue weighted by molar-refractivity contribution is -0.117. The molecule has 0 saturated heterocycles. The van der Waals surface area contributed by atoms with Crippen LogP contribution in [0.25, 0.3) is 0 Å². The van der Waals surface area contributed by atoms with Crippen LogP contribution in [0.5, 0.6) is 0 Å². The van der Waals surface area contributed by atoms with Gasteiger partial charge >= 0.3 is 0 Å². The fourth-order valence-electron chi connectivity index (χ4n) is 2.78. The molecular formula is C15H20Cl2N2O2. The first-order valence-electron chi connectivity index (χ1n) is 7.04. The summed E-state index contributed by atoms with van der Waals surface area (Å²) in [7, 11) is 1.83. The Morgan fingerprint density at radius 2 is 2.05 bits per heavy atom. The van der Waals surface area contributed by atoms with Crippen molar-refractivity contribution in [3.8, 4) is 0 Å². The number of amides is 1. The third kappa shape index (κ3) is 4.85. The van der Waals surface area contributed by atoms with Crippen molar-refractivity contribution in [3.05, 3.63) is 28.2 Å². The maximum absolute atomic E-state index is 12.0. The van der Waals surface area contributed by atoms with Gasteiger partial charge in [0, 0.05) is 11.6 Å². The lowest BCUT2D eigenvalue weighted by Crippen LogP contribution is -2.42. The number of carbonyl (C=O) groups is 1. The Hall–Kier alpha value is -0.810. The van der Waals surface area contributed by atoms with Crippen molar-refractivity contribution in [2.24, 2.45) is 0 Å². The van der Waals surface area contributed by atoms with Crippen molar-refractivity contribution in [1.29, 1.82) is 0 Å². The van der Waals surface area contributed by atoms with Crippen molar-refractivity contribution >= 4 is 34.8 Å². The third-order valence-corrected chi connectivity index (χ3v) is 4.28. The average Bonchev–Trinajstić information content (AvgIpc) is 2.79. The van der Waals surface area contributed by atoms with E-state index < -0.39 is 5.60 Å². The lowest BCUT2D eigenvalue weighted by atomic mass is 10.0. The molecule has 116 valence electrons. The van der Waals surface area contributed by atoms with E-state index in [9.17, 15) is 9.90 Å². The van der Waals surface area contributed by atoms with Gasteiger partial charge in [0.1, 0.15) is 0 Å². The first-order valence-corrected chi connectivity index (χ1v) is 7.79. The molecule has 2 rings (SSSR count). The molecule has 0 aliphatic heterocycles. The molecule has 1 amide bonds. The molecule has 0 bridgehead atoms. The van der Waals surface area contributed by atoms with Crippen molar-refractivity contribution in [2.45, 2.75) is 31.3 Å². The van der Waals surface area contributed by atoms with Crippen molar-refractivity contribution in [1.82, 2.24) is 4.90 Å². The third-order valence-electron chi connectivity index (χ3n) is 3.71. The van der Waals surface area contributed by atoms with E-state index in [0.717, 1.165) is 25.7 Å². The van der Waals surface area contributed by atoms with E-state index in [4.69, 9.17) is 23.2 Å². The van der Waals surface area contributed by atoms with Gasteiger partial charge < -0.3 is 10.4 Å². The van der Waals surface area contributed by atoms with Gasteiger partial charge in [0.25, 0.3) is 0 Å². The van der Waals surface area contributed by atoms with Gasteiger partial charge in [0.2, 0.25) is 5.91 Å². The number of rotatable bonds is 5. The van der Waals surface area contributed by atoms with E-state index in [1.54, 1.807) is 18.2 Å². The molecule has 0 heterocycles. The van der Waals surface area contributed by atoms with Gasteiger partial charge in [-0.1, -0.05) is 36.0 Å². The molecule has 21 heavy (non-hydrogen) atoms.